The van der Waals surface area contributed by atoms with E-state index in [9.17, 15) is 14.9 Å². The summed E-state index contributed by atoms with van der Waals surface area (Å²) in [7, 11) is 0. The standard InChI is InChI=1S/C11H16N4O4/c1-2-14(6-7-16)11(17)8-4-3-5-9(13-12)10(8)15(18)19/h3-5,13,16H,2,6-7,12H2,1H3. The van der Waals surface area contributed by atoms with Crippen LogP contribution in [0.15, 0.2) is 18.2 Å². The predicted molar refractivity (Wildman–Crippen MR) is 69.6 cm³/mol. The molecule has 8 heteroatoms. The van der Waals surface area contributed by atoms with Gasteiger partial charge in [-0.1, -0.05) is 6.07 Å². The topological polar surface area (TPSA) is 122 Å². The number of para-hydroxylation sites is 1. The number of nitro groups is 1. The minimum Gasteiger partial charge on any atom is -0.395 e. The zero-order valence-corrected chi connectivity index (χ0v) is 10.5. The summed E-state index contributed by atoms with van der Waals surface area (Å²) < 4.78 is 0. The Hall–Kier alpha value is -2.19. The number of amides is 1. The van der Waals surface area contributed by atoms with E-state index < -0.39 is 10.8 Å². The predicted octanol–water partition coefficient (Wildman–Crippen LogP) is 0.335. The Kier molecular flexibility index (Phi) is 5.22. The lowest BCUT2D eigenvalue weighted by atomic mass is 10.1. The van der Waals surface area contributed by atoms with Crippen molar-refractivity contribution in [1.82, 2.24) is 4.90 Å². The number of nitrogen functional groups attached to an aromatic ring is 1. The van der Waals surface area contributed by atoms with Crippen molar-refractivity contribution >= 4 is 17.3 Å². The molecule has 0 saturated heterocycles. The third-order valence-corrected chi connectivity index (χ3v) is 2.64. The molecular weight excluding hydrogens is 252 g/mol. The van der Waals surface area contributed by atoms with E-state index in [4.69, 9.17) is 10.9 Å². The largest absolute Gasteiger partial charge is 0.395 e. The number of benzene rings is 1. The first-order valence-corrected chi connectivity index (χ1v) is 5.70. The Morgan fingerprint density at radius 2 is 2.26 bits per heavy atom. The van der Waals surface area contributed by atoms with E-state index in [1.807, 2.05) is 0 Å². The number of carbonyl (C=O) groups is 1. The van der Waals surface area contributed by atoms with Gasteiger partial charge in [0.15, 0.2) is 0 Å². The summed E-state index contributed by atoms with van der Waals surface area (Å²) in [5, 5.41) is 19.9. The molecule has 1 aromatic rings. The van der Waals surface area contributed by atoms with Crippen LogP contribution in [0, 0.1) is 10.1 Å². The van der Waals surface area contributed by atoms with Gasteiger partial charge in [-0.05, 0) is 19.1 Å². The maximum atomic E-state index is 12.2. The Balaban J connectivity index is 3.25. The van der Waals surface area contributed by atoms with Crippen LogP contribution >= 0.6 is 0 Å². The summed E-state index contributed by atoms with van der Waals surface area (Å²) in [5.74, 6) is 4.69. The minimum absolute atomic E-state index is 0.0595. The van der Waals surface area contributed by atoms with Crippen LogP contribution < -0.4 is 11.3 Å². The summed E-state index contributed by atoms with van der Waals surface area (Å²) in [4.78, 5) is 23.9. The number of hydrogen-bond donors (Lipinski definition) is 3. The molecule has 0 aromatic heterocycles. The first-order valence-electron chi connectivity index (χ1n) is 5.70. The zero-order chi connectivity index (χ0) is 14.4. The summed E-state index contributed by atoms with van der Waals surface area (Å²) in [6, 6.07) is 4.28. The highest BCUT2D eigenvalue weighted by atomic mass is 16.6. The molecule has 0 aliphatic heterocycles. The smallest absolute Gasteiger partial charge is 0.306 e. The summed E-state index contributed by atoms with van der Waals surface area (Å²) in [6.45, 7) is 1.98. The zero-order valence-electron chi connectivity index (χ0n) is 10.5. The van der Waals surface area contributed by atoms with E-state index in [1.165, 1.54) is 23.1 Å². The SMILES string of the molecule is CCN(CCO)C(=O)c1cccc(NN)c1[N+](=O)[O-]. The van der Waals surface area contributed by atoms with Gasteiger partial charge in [0, 0.05) is 13.1 Å². The summed E-state index contributed by atoms with van der Waals surface area (Å²) >= 11 is 0. The van der Waals surface area contributed by atoms with Crippen LogP contribution in [-0.4, -0.2) is 40.5 Å². The van der Waals surface area contributed by atoms with Crippen LogP contribution in [0.25, 0.3) is 0 Å². The first-order chi connectivity index (χ1) is 9.06. The van der Waals surface area contributed by atoms with Crippen molar-refractivity contribution in [1.29, 1.82) is 0 Å². The monoisotopic (exact) mass is 268 g/mol. The van der Waals surface area contributed by atoms with Crippen molar-refractivity contribution in [2.45, 2.75) is 6.92 Å². The Labute approximate surface area is 109 Å². The van der Waals surface area contributed by atoms with E-state index in [2.05, 4.69) is 5.43 Å². The molecule has 4 N–H and O–H groups in total. The van der Waals surface area contributed by atoms with Crippen molar-refractivity contribution < 1.29 is 14.8 Å². The van der Waals surface area contributed by atoms with Crippen molar-refractivity contribution in [3.63, 3.8) is 0 Å². The highest BCUT2D eigenvalue weighted by Gasteiger charge is 2.26. The van der Waals surface area contributed by atoms with Crippen LogP contribution in [0.1, 0.15) is 17.3 Å². The van der Waals surface area contributed by atoms with E-state index >= 15 is 0 Å². The molecule has 0 spiro atoms. The number of rotatable bonds is 6. The van der Waals surface area contributed by atoms with E-state index in [0.29, 0.717) is 6.54 Å². The average Bonchev–Trinajstić information content (AvgIpc) is 2.42. The molecule has 0 atom stereocenters. The van der Waals surface area contributed by atoms with Gasteiger partial charge in [0.05, 0.1) is 11.5 Å². The fraction of sp³-hybridized carbons (Fsp3) is 0.364. The molecule has 104 valence electrons. The lowest BCUT2D eigenvalue weighted by Gasteiger charge is -2.19. The number of hydrazine groups is 1. The van der Waals surface area contributed by atoms with Gasteiger partial charge in [-0.25, -0.2) is 0 Å². The van der Waals surface area contributed by atoms with Gasteiger partial charge in [-0.3, -0.25) is 20.8 Å². The van der Waals surface area contributed by atoms with Gasteiger partial charge in [0.1, 0.15) is 11.3 Å². The average molecular weight is 268 g/mol. The molecule has 19 heavy (non-hydrogen) atoms. The molecular formula is C11H16N4O4. The Morgan fingerprint density at radius 1 is 1.58 bits per heavy atom. The van der Waals surface area contributed by atoms with Crippen molar-refractivity contribution in [3.05, 3.63) is 33.9 Å². The van der Waals surface area contributed by atoms with E-state index in [1.54, 1.807) is 6.92 Å². The number of aliphatic hydroxyl groups excluding tert-OH is 1. The fourth-order valence-corrected chi connectivity index (χ4v) is 1.72. The number of nitro benzene ring substituents is 1. The molecule has 8 nitrogen and oxygen atoms in total. The van der Waals surface area contributed by atoms with Crippen LogP contribution in [0.4, 0.5) is 11.4 Å². The minimum atomic E-state index is -0.658. The third-order valence-electron chi connectivity index (χ3n) is 2.64. The molecule has 0 heterocycles. The normalized spacial score (nSPS) is 10.1. The second kappa shape index (κ2) is 6.66. The quantitative estimate of drug-likeness (QED) is 0.388. The maximum absolute atomic E-state index is 12.2. The molecule has 1 amide bonds. The second-order valence-corrected chi connectivity index (χ2v) is 3.71. The highest BCUT2D eigenvalue weighted by molar-refractivity contribution is 6.00. The number of likely N-dealkylation sites (N-methyl/N-ethyl adjacent to an activating group) is 1. The van der Waals surface area contributed by atoms with Crippen LogP contribution in [0.5, 0.6) is 0 Å². The fourth-order valence-electron chi connectivity index (χ4n) is 1.72. The molecule has 0 radical (unpaired) electrons. The number of nitrogens with zero attached hydrogens (tertiary/aromatic N) is 2. The number of aliphatic hydroxyl groups is 1. The second-order valence-electron chi connectivity index (χ2n) is 3.71. The Morgan fingerprint density at radius 3 is 2.74 bits per heavy atom. The molecule has 0 fully saturated rings. The maximum Gasteiger partial charge on any atom is 0.306 e. The lowest BCUT2D eigenvalue weighted by molar-refractivity contribution is -0.384. The lowest BCUT2D eigenvalue weighted by Crippen LogP contribution is -2.33. The number of carbonyl (C=O) groups excluding carboxylic acids is 1. The van der Waals surface area contributed by atoms with E-state index in [0.717, 1.165) is 0 Å². The van der Waals surface area contributed by atoms with Crippen molar-refractivity contribution in [2.75, 3.05) is 25.1 Å². The molecule has 0 bridgehead atoms. The van der Waals surface area contributed by atoms with Crippen LogP contribution in [0.3, 0.4) is 0 Å². The number of anilines is 1. The molecule has 0 aliphatic rings. The van der Waals surface area contributed by atoms with Crippen LogP contribution in [0.2, 0.25) is 0 Å². The van der Waals surface area contributed by atoms with Gasteiger partial charge < -0.3 is 15.4 Å². The summed E-state index contributed by atoms with van der Waals surface area (Å²) in [5.41, 5.74) is 1.84. The van der Waals surface area contributed by atoms with Crippen molar-refractivity contribution in [2.24, 2.45) is 5.84 Å². The van der Waals surface area contributed by atoms with Gasteiger partial charge in [0.2, 0.25) is 0 Å². The Bertz CT molecular complexity index is 478. The van der Waals surface area contributed by atoms with Gasteiger partial charge in [0.25, 0.3) is 5.91 Å². The van der Waals surface area contributed by atoms with Gasteiger partial charge >= 0.3 is 5.69 Å². The number of nitrogens with two attached hydrogens (primary N) is 1. The third kappa shape index (κ3) is 3.18. The summed E-state index contributed by atoms with van der Waals surface area (Å²) in [6.07, 6.45) is 0. The molecule has 0 saturated carbocycles. The van der Waals surface area contributed by atoms with Gasteiger partial charge in [-0.2, -0.15) is 0 Å². The number of nitrogens with one attached hydrogen (secondary N) is 1. The molecule has 0 unspecified atom stereocenters. The van der Waals surface area contributed by atoms with Crippen LogP contribution in [-0.2, 0) is 0 Å². The molecule has 1 rings (SSSR count). The molecule has 1 aromatic carbocycles. The first kappa shape index (κ1) is 14.9. The highest BCUT2D eigenvalue weighted by Crippen LogP contribution is 2.28. The van der Waals surface area contributed by atoms with Gasteiger partial charge in [-0.15, -0.1) is 0 Å². The number of hydrogen-bond acceptors (Lipinski definition) is 6. The van der Waals surface area contributed by atoms with E-state index in [-0.39, 0.29) is 30.1 Å². The van der Waals surface area contributed by atoms with Crippen molar-refractivity contribution in [3.8, 4) is 0 Å². The molecule has 0 aliphatic carbocycles.